The van der Waals surface area contributed by atoms with Gasteiger partial charge in [-0.15, -0.1) is 5.10 Å². The summed E-state index contributed by atoms with van der Waals surface area (Å²) in [6.07, 6.45) is 3.34. The lowest BCUT2D eigenvalue weighted by atomic mass is 10.2. The number of rotatable bonds is 10. The van der Waals surface area contributed by atoms with Crippen molar-refractivity contribution < 1.29 is 13.8 Å². The predicted molar refractivity (Wildman–Crippen MR) is 108 cm³/mol. The molecule has 30 heavy (non-hydrogen) atoms. The van der Waals surface area contributed by atoms with Crippen LogP contribution in [0.4, 0.5) is 5.82 Å². The Morgan fingerprint density at radius 1 is 1.30 bits per heavy atom. The van der Waals surface area contributed by atoms with Crippen molar-refractivity contribution in [3.63, 3.8) is 0 Å². The molecule has 12 nitrogen and oxygen atoms in total. The Morgan fingerprint density at radius 3 is 2.67 bits per heavy atom. The summed E-state index contributed by atoms with van der Waals surface area (Å²) in [5.74, 6) is 0.989. The highest BCUT2D eigenvalue weighted by molar-refractivity contribution is 5.94. The predicted octanol–water partition coefficient (Wildman–Crippen LogP) is 1.52. The molecule has 12 heteroatoms. The van der Waals surface area contributed by atoms with Crippen molar-refractivity contribution >= 4 is 17.9 Å². The van der Waals surface area contributed by atoms with E-state index in [1.165, 1.54) is 10.9 Å². The number of nitrogen functional groups attached to an aromatic ring is 1. The summed E-state index contributed by atoms with van der Waals surface area (Å²) in [4.78, 5) is 14.9. The molecule has 3 rings (SSSR count). The minimum atomic E-state index is -0.515. The van der Waals surface area contributed by atoms with E-state index >= 15 is 0 Å². The molecule has 0 radical (unpaired) electrons. The summed E-state index contributed by atoms with van der Waals surface area (Å²) in [7, 11) is 0. The Bertz CT molecular complexity index is 998. The fraction of sp³-hybridized carbons (Fsp3) is 0.444. The van der Waals surface area contributed by atoms with Crippen LogP contribution in [0.3, 0.4) is 0 Å². The SMILES string of the molecule is CCCN(CCC)Cc1c(C(=O)N/N=C\c2ccc(C)o2)nnn1-c1nonc1N. The van der Waals surface area contributed by atoms with Crippen molar-refractivity contribution in [1.82, 2.24) is 35.6 Å². The first-order valence-electron chi connectivity index (χ1n) is 9.68. The second-order valence-electron chi connectivity index (χ2n) is 6.69. The number of amides is 1. The Labute approximate surface area is 173 Å². The minimum Gasteiger partial charge on any atom is -0.460 e. The van der Waals surface area contributed by atoms with Gasteiger partial charge in [0, 0.05) is 6.54 Å². The van der Waals surface area contributed by atoms with E-state index in [4.69, 9.17) is 10.2 Å². The Balaban J connectivity index is 1.87. The van der Waals surface area contributed by atoms with Crippen molar-refractivity contribution in [3.05, 3.63) is 35.0 Å². The number of hydrazone groups is 1. The van der Waals surface area contributed by atoms with Crippen LogP contribution in [0.1, 0.15) is 54.4 Å². The third kappa shape index (κ3) is 4.89. The first kappa shape index (κ1) is 21.2. The molecule has 3 aromatic heterocycles. The molecule has 0 aliphatic rings. The van der Waals surface area contributed by atoms with Gasteiger partial charge in [-0.3, -0.25) is 9.69 Å². The topological polar surface area (TPSA) is 153 Å². The lowest BCUT2D eigenvalue weighted by Gasteiger charge is -2.21. The highest BCUT2D eigenvalue weighted by Gasteiger charge is 2.25. The second kappa shape index (κ2) is 9.78. The third-order valence-electron chi connectivity index (χ3n) is 4.25. The lowest BCUT2D eigenvalue weighted by molar-refractivity contribution is 0.0947. The van der Waals surface area contributed by atoms with Crippen LogP contribution in [0, 0.1) is 6.92 Å². The van der Waals surface area contributed by atoms with Crippen LogP contribution in [0.25, 0.3) is 5.82 Å². The van der Waals surface area contributed by atoms with Gasteiger partial charge in [0.1, 0.15) is 11.5 Å². The summed E-state index contributed by atoms with van der Waals surface area (Å²) in [5.41, 5.74) is 8.90. The summed E-state index contributed by atoms with van der Waals surface area (Å²) in [6.45, 7) is 8.13. The van der Waals surface area contributed by atoms with Gasteiger partial charge < -0.3 is 10.2 Å². The van der Waals surface area contributed by atoms with Gasteiger partial charge in [-0.05, 0) is 55.3 Å². The van der Waals surface area contributed by atoms with Crippen molar-refractivity contribution in [2.45, 2.75) is 40.2 Å². The molecular formula is C18H25N9O3. The quantitative estimate of drug-likeness (QED) is 0.370. The molecule has 160 valence electrons. The van der Waals surface area contributed by atoms with E-state index in [1.54, 1.807) is 12.1 Å². The van der Waals surface area contributed by atoms with Gasteiger partial charge in [-0.2, -0.15) is 9.78 Å². The number of carbonyl (C=O) groups is 1. The number of hydrogen-bond acceptors (Lipinski definition) is 10. The van der Waals surface area contributed by atoms with Gasteiger partial charge in [-0.25, -0.2) is 10.1 Å². The van der Waals surface area contributed by atoms with Crippen LogP contribution in [0.15, 0.2) is 26.3 Å². The molecule has 3 heterocycles. The number of aromatic nitrogens is 5. The van der Waals surface area contributed by atoms with Crippen LogP contribution in [0.5, 0.6) is 0 Å². The summed E-state index contributed by atoms with van der Waals surface area (Å²) >= 11 is 0. The lowest BCUT2D eigenvalue weighted by Crippen LogP contribution is -2.28. The zero-order valence-corrected chi connectivity index (χ0v) is 17.2. The molecule has 1 amide bonds. The molecule has 3 aromatic rings. The minimum absolute atomic E-state index is 0.0526. The monoisotopic (exact) mass is 415 g/mol. The van der Waals surface area contributed by atoms with Gasteiger partial charge in [0.2, 0.25) is 11.6 Å². The average Bonchev–Trinajstić information content (AvgIpc) is 3.42. The van der Waals surface area contributed by atoms with Gasteiger partial charge in [0.25, 0.3) is 5.91 Å². The number of furan rings is 1. The van der Waals surface area contributed by atoms with E-state index in [9.17, 15) is 4.79 Å². The van der Waals surface area contributed by atoms with E-state index < -0.39 is 5.91 Å². The Kier molecular flexibility index (Phi) is 6.91. The number of aryl methyl sites for hydroxylation is 1. The largest absolute Gasteiger partial charge is 0.460 e. The fourth-order valence-electron chi connectivity index (χ4n) is 2.97. The van der Waals surface area contributed by atoms with Crippen LogP contribution in [-0.2, 0) is 6.54 Å². The zero-order chi connectivity index (χ0) is 21.5. The highest BCUT2D eigenvalue weighted by atomic mass is 16.6. The number of nitrogens with zero attached hydrogens (tertiary/aromatic N) is 7. The van der Waals surface area contributed by atoms with E-state index in [-0.39, 0.29) is 17.3 Å². The molecule has 0 bridgehead atoms. The maximum Gasteiger partial charge on any atom is 0.293 e. The van der Waals surface area contributed by atoms with Crippen molar-refractivity contribution in [2.24, 2.45) is 5.10 Å². The normalized spacial score (nSPS) is 11.6. The summed E-state index contributed by atoms with van der Waals surface area (Å²) < 4.78 is 11.4. The highest BCUT2D eigenvalue weighted by Crippen LogP contribution is 2.18. The average molecular weight is 415 g/mol. The molecule has 0 aliphatic carbocycles. The van der Waals surface area contributed by atoms with E-state index in [0.717, 1.165) is 31.7 Å². The van der Waals surface area contributed by atoms with Crippen LogP contribution in [-0.4, -0.2) is 55.4 Å². The standard InChI is InChI=1S/C18H25N9O3/c1-4-8-26(9-5-2)11-14-15(21-25-27(14)17-16(19)23-30-24-17)18(28)22-20-10-13-7-6-12(3)29-13/h6-7,10H,4-5,8-9,11H2,1-3H3,(H2,19,23)(H,22,28)/b20-10-. The molecule has 0 aromatic carbocycles. The molecule has 0 aliphatic heterocycles. The van der Waals surface area contributed by atoms with Crippen molar-refractivity contribution in [3.8, 4) is 5.82 Å². The maximum absolute atomic E-state index is 12.7. The smallest absolute Gasteiger partial charge is 0.293 e. The first-order valence-corrected chi connectivity index (χ1v) is 9.68. The Morgan fingerprint density at radius 2 is 2.07 bits per heavy atom. The Hall–Kier alpha value is -3.54. The van der Waals surface area contributed by atoms with Crippen LogP contribution >= 0.6 is 0 Å². The third-order valence-corrected chi connectivity index (χ3v) is 4.25. The number of nitrogens with one attached hydrogen (secondary N) is 1. The van der Waals surface area contributed by atoms with Crippen molar-refractivity contribution in [1.29, 1.82) is 0 Å². The first-order chi connectivity index (χ1) is 14.5. The van der Waals surface area contributed by atoms with Crippen molar-refractivity contribution in [2.75, 3.05) is 18.8 Å². The number of carbonyl (C=O) groups excluding carboxylic acids is 1. The summed E-state index contributed by atoms with van der Waals surface area (Å²) in [5, 5.41) is 19.4. The van der Waals surface area contributed by atoms with Crippen LogP contribution < -0.4 is 11.2 Å². The molecule has 0 atom stereocenters. The molecule has 0 saturated heterocycles. The molecular weight excluding hydrogens is 390 g/mol. The fourth-order valence-corrected chi connectivity index (χ4v) is 2.97. The number of nitrogens with two attached hydrogens (primary N) is 1. The summed E-state index contributed by atoms with van der Waals surface area (Å²) in [6, 6.07) is 3.56. The number of anilines is 1. The zero-order valence-electron chi connectivity index (χ0n) is 17.2. The van der Waals surface area contributed by atoms with E-state index in [0.29, 0.717) is 18.0 Å². The molecule has 0 fully saturated rings. The van der Waals surface area contributed by atoms with Gasteiger partial charge in [-0.1, -0.05) is 19.1 Å². The number of hydrogen-bond donors (Lipinski definition) is 2. The van der Waals surface area contributed by atoms with Gasteiger partial charge in [0.15, 0.2) is 5.69 Å². The van der Waals surface area contributed by atoms with E-state index in [1.807, 2.05) is 6.92 Å². The molecule has 0 spiro atoms. The molecule has 0 unspecified atom stereocenters. The van der Waals surface area contributed by atoms with Crippen LogP contribution in [0.2, 0.25) is 0 Å². The van der Waals surface area contributed by atoms with Gasteiger partial charge >= 0.3 is 0 Å². The van der Waals surface area contributed by atoms with E-state index in [2.05, 4.69) is 54.5 Å². The molecule has 3 N–H and O–H groups in total. The van der Waals surface area contributed by atoms with Gasteiger partial charge in [0.05, 0.1) is 11.9 Å². The molecule has 0 saturated carbocycles. The second-order valence-corrected chi connectivity index (χ2v) is 6.69. The maximum atomic E-state index is 12.7.